The van der Waals surface area contributed by atoms with E-state index in [-0.39, 0.29) is 0 Å². The zero-order chi connectivity index (χ0) is 33.7. The lowest BCUT2D eigenvalue weighted by Gasteiger charge is -2.23. The molecule has 0 aliphatic carbocycles. The first-order valence-electron chi connectivity index (χ1n) is 17.1. The third kappa shape index (κ3) is 4.80. The summed E-state index contributed by atoms with van der Waals surface area (Å²) in [4.78, 5) is 4.64. The molecule has 0 amide bonds. The van der Waals surface area contributed by atoms with Crippen LogP contribution in [-0.2, 0) is 0 Å². The van der Waals surface area contributed by atoms with Crippen molar-refractivity contribution in [3.63, 3.8) is 0 Å². The molecule has 0 saturated heterocycles. The number of rotatable bonds is 3. The monoisotopic (exact) mass is 654 g/mol. The molecule has 0 saturated carbocycles. The predicted molar refractivity (Wildman–Crippen MR) is 207 cm³/mol. The molecule has 1 aliphatic rings. The van der Waals surface area contributed by atoms with Gasteiger partial charge in [-0.15, -0.1) is 0 Å². The van der Waals surface area contributed by atoms with Crippen LogP contribution in [0.3, 0.4) is 0 Å². The first-order chi connectivity index (χ1) is 25.3. The number of hydrogen-bond donors (Lipinski definition) is 0. The fourth-order valence-corrected chi connectivity index (χ4v) is 7.52. The molecular formula is C47H30N2O2. The Balaban J connectivity index is 1.27. The smallest absolute Gasteiger partial charge is 0.136 e. The maximum Gasteiger partial charge on any atom is 0.136 e. The zero-order valence-electron chi connectivity index (χ0n) is 27.5. The summed E-state index contributed by atoms with van der Waals surface area (Å²) in [7, 11) is 0. The molecule has 9 aromatic rings. The van der Waals surface area contributed by atoms with Crippen LogP contribution in [-0.4, -0.2) is 9.55 Å². The van der Waals surface area contributed by atoms with E-state index in [1.165, 1.54) is 10.8 Å². The molecule has 0 N–H and O–H groups in total. The first-order valence-corrected chi connectivity index (χ1v) is 17.1. The van der Waals surface area contributed by atoms with Crippen LogP contribution in [0.15, 0.2) is 182 Å². The summed E-state index contributed by atoms with van der Waals surface area (Å²) in [6.07, 6.45) is 1.82. The van der Waals surface area contributed by atoms with Crippen LogP contribution >= 0.6 is 0 Å². The molecule has 4 heteroatoms. The second kappa shape index (κ2) is 11.9. The SMILES string of the molecule is c1ccc(-n2c3ccccc3c3c(-c4cccc5c4-c4ccccc4Oc4ccccc4-c4ccc(-c6ccccn6)cc4O5)cccc32)cc1. The average molecular weight is 655 g/mol. The number of ether oxygens (including phenoxy) is 2. The molecule has 0 atom stereocenters. The maximum atomic E-state index is 7.14. The normalized spacial score (nSPS) is 11.8. The van der Waals surface area contributed by atoms with Crippen molar-refractivity contribution in [2.75, 3.05) is 0 Å². The number of nitrogens with zero attached hydrogens (tertiary/aromatic N) is 2. The van der Waals surface area contributed by atoms with E-state index in [4.69, 9.17) is 9.47 Å². The molecule has 7 aromatic carbocycles. The van der Waals surface area contributed by atoms with Crippen molar-refractivity contribution in [3.8, 4) is 73.3 Å². The largest absolute Gasteiger partial charge is 0.456 e. The Labute approximate surface area is 295 Å². The molecule has 1 aliphatic heterocycles. The lowest BCUT2D eigenvalue weighted by molar-refractivity contribution is 0.472. The minimum absolute atomic E-state index is 0.728. The predicted octanol–water partition coefficient (Wildman–Crippen LogP) is 12.7. The maximum absolute atomic E-state index is 7.14. The van der Waals surface area contributed by atoms with Gasteiger partial charge in [0.25, 0.3) is 0 Å². The molecule has 0 unspecified atom stereocenters. The van der Waals surface area contributed by atoms with Crippen LogP contribution in [0.25, 0.3) is 72.1 Å². The van der Waals surface area contributed by atoms with Crippen molar-refractivity contribution in [1.29, 1.82) is 0 Å². The highest BCUT2D eigenvalue weighted by Gasteiger charge is 2.25. The van der Waals surface area contributed by atoms with Gasteiger partial charge in [-0.05, 0) is 77.9 Å². The topological polar surface area (TPSA) is 36.3 Å². The van der Waals surface area contributed by atoms with E-state index in [1.54, 1.807) is 0 Å². The lowest BCUT2D eigenvalue weighted by Crippen LogP contribution is -1.99. The molecule has 3 heterocycles. The van der Waals surface area contributed by atoms with Crippen LogP contribution in [0.2, 0.25) is 0 Å². The Morgan fingerprint density at radius 1 is 0.412 bits per heavy atom. The Hall–Kier alpha value is -6.91. The number of hydrogen-bond acceptors (Lipinski definition) is 3. The van der Waals surface area contributed by atoms with Gasteiger partial charge < -0.3 is 14.0 Å². The fraction of sp³-hybridized carbons (Fsp3) is 0. The van der Waals surface area contributed by atoms with E-state index in [1.807, 2.05) is 54.7 Å². The summed E-state index contributed by atoms with van der Waals surface area (Å²) in [5, 5.41) is 2.37. The van der Waals surface area contributed by atoms with Crippen LogP contribution in [0.4, 0.5) is 0 Å². The number of pyridine rings is 1. The Kier molecular flexibility index (Phi) is 6.78. The number of benzene rings is 7. The minimum atomic E-state index is 0.728. The van der Waals surface area contributed by atoms with E-state index in [0.29, 0.717) is 0 Å². The molecule has 0 bridgehead atoms. The number of aromatic nitrogens is 2. The fourth-order valence-electron chi connectivity index (χ4n) is 7.52. The average Bonchev–Trinajstić information content (AvgIpc) is 3.54. The van der Waals surface area contributed by atoms with E-state index >= 15 is 0 Å². The minimum Gasteiger partial charge on any atom is -0.456 e. The molecule has 2 aromatic heterocycles. The van der Waals surface area contributed by atoms with Crippen molar-refractivity contribution in [2.45, 2.75) is 0 Å². The van der Waals surface area contributed by atoms with Gasteiger partial charge in [-0.2, -0.15) is 0 Å². The summed E-state index contributed by atoms with van der Waals surface area (Å²) >= 11 is 0. The standard InChI is InChI=1S/C47H30N2O2/c1-2-14-32(15-3-1)49-40-22-7-4-17-37(40)46-35(19-12-23-41(46)49)36-20-13-26-44-47(36)38-18-6-9-25-43(38)50-42-24-8-5-16-33(42)34-28-27-31(30-45(34)51-44)39-21-10-11-29-48-39/h1-30H. The highest BCUT2D eigenvalue weighted by Crippen LogP contribution is 2.51. The summed E-state index contributed by atoms with van der Waals surface area (Å²) in [5.41, 5.74) is 11.3. The highest BCUT2D eigenvalue weighted by molar-refractivity contribution is 6.17. The third-order valence-electron chi connectivity index (χ3n) is 9.74. The van der Waals surface area contributed by atoms with E-state index in [2.05, 4.69) is 137 Å². The van der Waals surface area contributed by atoms with Gasteiger partial charge in [0, 0.05) is 50.5 Å². The number of para-hydroxylation sites is 4. The second-order valence-electron chi connectivity index (χ2n) is 12.7. The van der Waals surface area contributed by atoms with Gasteiger partial charge in [0.05, 0.1) is 16.7 Å². The molecule has 0 radical (unpaired) electrons. The highest BCUT2D eigenvalue weighted by atomic mass is 16.5. The molecule has 0 fully saturated rings. The molecular weight excluding hydrogens is 625 g/mol. The van der Waals surface area contributed by atoms with Crippen molar-refractivity contribution in [1.82, 2.24) is 9.55 Å². The van der Waals surface area contributed by atoms with Crippen molar-refractivity contribution in [2.24, 2.45) is 0 Å². The van der Waals surface area contributed by atoms with Gasteiger partial charge in [-0.3, -0.25) is 4.98 Å². The van der Waals surface area contributed by atoms with Gasteiger partial charge in [0.1, 0.15) is 23.0 Å². The van der Waals surface area contributed by atoms with Crippen molar-refractivity contribution >= 4 is 21.8 Å². The quantitative estimate of drug-likeness (QED) is 0.190. The van der Waals surface area contributed by atoms with Crippen molar-refractivity contribution in [3.05, 3.63) is 182 Å². The van der Waals surface area contributed by atoms with E-state index < -0.39 is 0 Å². The van der Waals surface area contributed by atoms with Gasteiger partial charge in [-0.1, -0.05) is 109 Å². The van der Waals surface area contributed by atoms with E-state index in [0.717, 1.165) is 84.4 Å². The summed E-state index contributed by atoms with van der Waals surface area (Å²) in [5.74, 6) is 2.99. The van der Waals surface area contributed by atoms with Crippen LogP contribution in [0.1, 0.15) is 0 Å². The van der Waals surface area contributed by atoms with Gasteiger partial charge in [0.15, 0.2) is 0 Å². The Bertz CT molecular complexity index is 2750. The molecule has 10 rings (SSSR count). The van der Waals surface area contributed by atoms with Crippen LogP contribution in [0, 0.1) is 0 Å². The summed E-state index contributed by atoms with van der Waals surface area (Å²) in [6, 6.07) is 60.9. The lowest BCUT2D eigenvalue weighted by atomic mass is 9.90. The Morgan fingerprint density at radius 3 is 1.90 bits per heavy atom. The molecule has 51 heavy (non-hydrogen) atoms. The van der Waals surface area contributed by atoms with E-state index in [9.17, 15) is 0 Å². The van der Waals surface area contributed by atoms with Crippen LogP contribution < -0.4 is 9.47 Å². The number of fused-ring (bicyclic) bond motifs is 9. The van der Waals surface area contributed by atoms with Crippen molar-refractivity contribution < 1.29 is 9.47 Å². The second-order valence-corrected chi connectivity index (χ2v) is 12.7. The van der Waals surface area contributed by atoms with Crippen LogP contribution in [0.5, 0.6) is 23.0 Å². The third-order valence-corrected chi connectivity index (χ3v) is 9.74. The summed E-state index contributed by atoms with van der Waals surface area (Å²) in [6.45, 7) is 0. The van der Waals surface area contributed by atoms with Gasteiger partial charge in [0.2, 0.25) is 0 Å². The Morgan fingerprint density at radius 2 is 1.04 bits per heavy atom. The summed E-state index contributed by atoms with van der Waals surface area (Å²) < 4.78 is 16.4. The zero-order valence-corrected chi connectivity index (χ0v) is 27.5. The van der Waals surface area contributed by atoms with Gasteiger partial charge in [-0.25, -0.2) is 0 Å². The molecule has 0 spiro atoms. The van der Waals surface area contributed by atoms with Gasteiger partial charge >= 0.3 is 0 Å². The molecule has 240 valence electrons. The first kappa shape index (κ1) is 29.0. The molecule has 4 nitrogen and oxygen atoms in total.